The van der Waals surface area contributed by atoms with Gasteiger partial charge in [0.1, 0.15) is 0 Å². The molecule has 5 heteroatoms. The molecule has 0 heterocycles. The lowest BCUT2D eigenvalue weighted by Crippen LogP contribution is -2.03. The second kappa shape index (κ2) is 6.20. The van der Waals surface area contributed by atoms with Gasteiger partial charge in [0.15, 0.2) is 11.5 Å². The summed E-state index contributed by atoms with van der Waals surface area (Å²) in [5, 5.41) is 8.87. The number of hydrogen-bond donors (Lipinski definition) is 1. The highest BCUT2D eigenvalue weighted by Gasteiger charge is 2.10. The summed E-state index contributed by atoms with van der Waals surface area (Å²) in [6.07, 6.45) is 1.68. The van der Waals surface area contributed by atoms with Crippen molar-refractivity contribution in [1.82, 2.24) is 0 Å². The molecule has 0 saturated heterocycles. The molecule has 3 nitrogen and oxygen atoms in total. The Labute approximate surface area is 98.3 Å². The molecule has 0 atom stereocenters. The summed E-state index contributed by atoms with van der Waals surface area (Å²) >= 11 is 0. The lowest BCUT2D eigenvalue weighted by molar-refractivity contribution is -0.0512. The van der Waals surface area contributed by atoms with Gasteiger partial charge in [0, 0.05) is 0 Å². The average Bonchev–Trinajstić information content (AvgIpc) is 2.28. The topological polar surface area (TPSA) is 38.7 Å². The van der Waals surface area contributed by atoms with Crippen LogP contribution in [0.1, 0.15) is 12.5 Å². The number of rotatable bonds is 5. The van der Waals surface area contributed by atoms with Gasteiger partial charge < -0.3 is 14.6 Å². The van der Waals surface area contributed by atoms with Crippen molar-refractivity contribution in [2.75, 3.05) is 13.7 Å². The van der Waals surface area contributed by atoms with Crippen molar-refractivity contribution in [3.05, 3.63) is 29.3 Å². The van der Waals surface area contributed by atoms with Gasteiger partial charge >= 0.3 is 6.61 Å². The van der Waals surface area contributed by atoms with Crippen molar-refractivity contribution in [2.24, 2.45) is 0 Å². The number of alkyl halides is 2. The van der Waals surface area contributed by atoms with Crippen LogP contribution in [-0.4, -0.2) is 25.4 Å². The Kier molecular flexibility index (Phi) is 4.90. The Hall–Kier alpha value is -1.62. The zero-order valence-corrected chi connectivity index (χ0v) is 9.61. The maximum Gasteiger partial charge on any atom is 0.387 e. The molecule has 0 aliphatic carbocycles. The van der Waals surface area contributed by atoms with Crippen molar-refractivity contribution in [3.63, 3.8) is 0 Å². The summed E-state index contributed by atoms with van der Waals surface area (Å²) in [5.41, 5.74) is 1.38. The predicted octanol–water partition coefficient (Wildman–Crippen LogP) is 2.69. The van der Waals surface area contributed by atoms with Gasteiger partial charge in [-0.25, -0.2) is 0 Å². The Bertz CT molecular complexity index is 403. The van der Waals surface area contributed by atoms with Crippen LogP contribution in [0.4, 0.5) is 8.78 Å². The van der Waals surface area contributed by atoms with Crippen LogP contribution in [-0.2, 0) is 0 Å². The first-order valence-electron chi connectivity index (χ1n) is 4.97. The van der Waals surface area contributed by atoms with E-state index < -0.39 is 6.61 Å². The minimum atomic E-state index is -2.90. The number of methoxy groups -OCH3 is 1. The monoisotopic (exact) mass is 244 g/mol. The number of aliphatic hydroxyl groups is 1. The third-order valence-electron chi connectivity index (χ3n) is 2.07. The van der Waals surface area contributed by atoms with E-state index in [-0.39, 0.29) is 18.1 Å². The summed E-state index contributed by atoms with van der Waals surface area (Å²) < 4.78 is 33.6. The van der Waals surface area contributed by atoms with Crippen molar-refractivity contribution in [1.29, 1.82) is 0 Å². The van der Waals surface area contributed by atoms with Gasteiger partial charge in [-0.15, -0.1) is 0 Å². The summed E-state index contributed by atoms with van der Waals surface area (Å²) in [4.78, 5) is 0. The number of halogens is 2. The molecule has 1 aromatic carbocycles. The predicted molar refractivity (Wildman–Crippen MR) is 60.4 cm³/mol. The first-order valence-corrected chi connectivity index (χ1v) is 4.97. The van der Waals surface area contributed by atoms with E-state index in [1.165, 1.54) is 19.2 Å². The first kappa shape index (κ1) is 13.4. The molecule has 94 valence electrons. The molecule has 0 unspecified atom stereocenters. The van der Waals surface area contributed by atoms with Crippen molar-refractivity contribution < 1.29 is 23.4 Å². The van der Waals surface area contributed by atoms with Gasteiger partial charge in [-0.05, 0) is 30.2 Å². The quantitative estimate of drug-likeness (QED) is 0.865. The third kappa shape index (κ3) is 4.03. The Morgan fingerprint density at radius 2 is 2.12 bits per heavy atom. The van der Waals surface area contributed by atoms with Gasteiger partial charge in [-0.2, -0.15) is 8.78 Å². The minimum Gasteiger partial charge on any atom is -0.493 e. The highest BCUT2D eigenvalue weighted by Crippen LogP contribution is 2.30. The van der Waals surface area contributed by atoms with Crippen molar-refractivity contribution in [2.45, 2.75) is 13.5 Å². The maximum absolute atomic E-state index is 12.2. The molecule has 0 bridgehead atoms. The van der Waals surface area contributed by atoms with Crippen LogP contribution >= 0.6 is 0 Å². The molecular weight excluding hydrogens is 230 g/mol. The zero-order chi connectivity index (χ0) is 12.8. The summed E-state index contributed by atoms with van der Waals surface area (Å²) in [6, 6.07) is 4.66. The smallest absolute Gasteiger partial charge is 0.387 e. The molecule has 0 saturated carbocycles. The van der Waals surface area contributed by atoms with E-state index in [1.54, 1.807) is 19.1 Å². The molecular formula is C12H14F2O3. The van der Waals surface area contributed by atoms with Crippen LogP contribution in [0.5, 0.6) is 11.5 Å². The molecule has 17 heavy (non-hydrogen) atoms. The lowest BCUT2D eigenvalue weighted by Gasteiger charge is -2.10. The van der Waals surface area contributed by atoms with Crippen LogP contribution < -0.4 is 9.47 Å². The van der Waals surface area contributed by atoms with Crippen LogP contribution in [0.25, 0.3) is 6.08 Å². The largest absolute Gasteiger partial charge is 0.493 e. The number of benzene rings is 1. The zero-order valence-electron chi connectivity index (χ0n) is 9.61. The number of ether oxygens (including phenoxy) is 2. The molecule has 1 N–H and O–H groups in total. The average molecular weight is 244 g/mol. The van der Waals surface area contributed by atoms with Crippen LogP contribution in [0, 0.1) is 0 Å². The fourth-order valence-electron chi connectivity index (χ4n) is 1.30. The van der Waals surface area contributed by atoms with E-state index in [1.807, 2.05) is 0 Å². The second-order valence-electron chi connectivity index (χ2n) is 3.44. The molecule has 1 rings (SSSR count). The Morgan fingerprint density at radius 1 is 1.41 bits per heavy atom. The van der Waals surface area contributed by atoms with Crippen LogP contribution in [0.3, 0.4) is 0 Å². The minimum absolute atomic E-state index is 0.0259. The summed E-state index contributed by atoms with van der Waals surface area (Å²) in [5.74, 6) is 0.214. The standard InChI is InChI=1S/C12H14F2O3/c1-8(7-15)5-9-3-4-10(16-2)11(6-9)17-12(13)14/h3-6,12,15H,7H2,1-2H3. The van der Waals surface area contributed by atoms with Gasteiger partial charge in [0.05, 0.1) is 13.7 Å². The second-order valence-corrected chi connectivity index (χ2v) is 3.44. The first-order chi connectivity index (χ1) is 8.06. The molecule has 0 fully saturated rings. The normalized spacial score (nSPS) is 11.8. The fraction of sp³-hybridized carbons (Fsp3) is 0.333. The lowest BCUT2D eigenvalue weighted by atomic mass is 10.1. The van der Waals surface area contributed by atoms with Gasteiger partial charge in [-0.1, -0.05) is 12.1 Å². The molecule has 0 radical (unpaired) electrons. The van der Waals surface area contributed by atoms with Crippen LogP contribution in [0.2, 0.25) is 0 Å². The van der Waals surface area contributed by atoms with Gasteiger partial charge in [0.25, 0.3) is 0 Å². The van der Waals surface area contributed by atoms with Crippen LogP contribution in [0.15, 0.2) is 23.8 Å². The van der Waals surface area contributed by atoms with E-state index in [2.05, 4.69) is 4.74 Å². The Morgan fingerprint density at radius 3 is 2.65 bits per heavy atom. The summed E-state index contributed by atoms with van der Waals surface area (Å²) in [7, 11) is 1.38. The maximum atomic E-state index is 12.2. The van der Waals surface area contributed by atoms with E-state index in [0.717, 1.165) is 5.57 Å². The molecule has 0 amide bonds. The third-order valence-corrected chi connectivity index (χ3v) is 2.07. The van der Waals surface area contributed by atoms with Crippen molar-refractivity contribution >= 4 is 6.08 Å². The summed E-state index contributed by atoms with van der Waals surface area (Å²) in [6.45, 7) is -1.25. The number of aliphatic hydroxyl groups excluding tert-OH is 1. The molecule has 1 aromatic rings. The number of hydrogen-bond acceptors (Lipinski definition) is 3. The van der Waals surface area contributed by atoms with E-state index in [9.17, 15) is 8.78 Å². The SMILES string of the molecule is COc1ccc(C=C(C)CO)cc1OC(F)F. The molecule has 0 spiro atoms. The van der Waals surface area contributed by atoms with Crippen molar-refractivity contribution in [3.8, 4) is 11.5 Å². The molecule has 0 aliphatic heterocycles. The van der Waals surface area contributed by atoms with Gasteiger partial charge in [0.2, 0.25) is 0 Å². The van der Waals surface area contributed by atoms with E-state index in [4.69, 9.17) is 9.84 Å². The molecule has 0 aliphatic rings. The highest BCUT2D eigenvalue weighted by molar-refractivity contribution is 5.57. The molecule has 0 aromatic heterocycles. The van der Waals surface area contributed by atoms with E-state index >= 15 is 0 Å². The van der Waals surface area contributed by atoms with Gasteiger partial charge in [-0.3, -0.25) is 0 Å². The highest BCUT2D eigenvalue weighted by atomic mass is 19.3. The fourth-order valence-corrected chi connectivity index (χ4v) is 1.30. The van der Waals surface area contributed by atoms with E-state index in [0.29, 0.717) is 5.56 Å². The Balaban J connectivity index is 3.04.